The maximum Gasteiger partial charge on any atom is 0.391 e. The van der Waals surface area contributed by atoms with Crippen LogP contribution in [0.5, 0.6) is 0 Å². The van der Waals surface area contributed by atoms with E-state index in [1.165, 1.54) is 0 Å². The van der Waals surface area contributed by atoms with Crippen LogP contribution in [0.15, 0.2) is 0 Å². The monoisotopic (exact) mass is 277 g/mol. The van der Waals surface area contributed by atoms with Crippen molar-refractivity contribution in [2.24, 2.45) is 11.3 Å². The number of halogens is 3. The first-order valence-electron chi connectivity index (χ1n) is 6.61. The Morgan fingerprint density at radius 3 is 2.05 bits per heavy atom. The molecule has 1 N–H and O–H groups in total. The van der Waals surface area contributed by atoms with E-state index in [1.54, 1.807) is 0 Å². The highest BCUT2D eigenvalue weighted by molar-refractivity contribution is 5.13. The van der Waals surface area contributed by atoms with Crippen molar-refractivity contribution in [1.29, 1.82) is 5.26 Å². The Labute approximate surface area is 110 Å². The molecule has 6 heteroatoms. The topological polar surface area (TPSA) is 53.2 Å². The molecule has 0 spiro atoms. The Kier molecular flexibility index (Phi) is 3.80. The fourth-order valence-electron chi connectivity index (χ4n) is 3.30. The van der Waals surface area contributed by atoms with Gasteiger partial charge in [-0.25, -0.2) is 0 Å². The van der Waals surface area contributed by atoms with Crippen molar-refractivity contribution in [1.82, 2.24) is 0 Å². The Bertz CT molecular complexity index is 361. The number of nitrogens with zero attached hydrogens (tertiary/aromatic N) is 1. The number of hydrogen-bond donors (Lipinski definition) is 1. The molecule has 2 aliphatic rings. The molecule has 3 nitrogen and oxygen atoms in total. The predicted octanol–water partition coefficient (Wildman–Crippen LogP) is 2.79. The molecule has 0 atom stereocenters. The number of aliphatic hydroxyl groups is 1. The summed E-state index contributed by atoms with van der Waals surface area (Å²) >= 11 is 0. The second-order valence-electron chi connectivity index (χ2n) is 5.65. The van der Waals surface area contributed by atoms with Crippen molar-refractivity contribution >= 4 is 0 Å². The van der Waals surface area contributed by atoms with Crippen LogP contribution in [0.3, 0.4) is 0 Å². The zero-order valence-electron chi connectivity index (χ0n) is 10.7. The minimum atomic E-state index is -4.20. The fourth-order valence-corrected chi connectivity index (χ4v) is 3.30. The molecule has 19 heavy (non-hydrogen) atoms. The van der Waals surface area contributed by atoms with Gasteiger partial charge in [0.05, 0.1) is 23.0 Å². The van der Waals surface area contributed by atoms with E-state index in [-0.39, 0.29) is 25.7 Å². The molecule has 2 rings (SSSR count). The molecule has 0 aromatic rings. The molecule has 0 aromatic heterocycles. The van der Waals surface area contributed by atoms with Crippen LogP contribution >= 0.6 is 0 Å². The van der Waals surface area contributed by atoms with Gasteiger partial charge < -0.3 is 9.84 Å². The fraction of sp³-hybridized carbons (Fsp3) is 0.923. The minimum Gasteiger partial charge on any atom is -0.388 e. The molecule has 1 aliphatic heterocycles. The second kappa shape index (κ2) is 4.95. The summed E-state index contributed by atoms with van der Waals surface area (Å²) in [7, 11) is 0. The van der Waals surface area contributed by atoms with Gasteiger partial charge in [-0.1, -0.05) is 0 Å². The van der Waals surface area contributed by atoms with Crippen LogP contribution in [0.4, 0.5) is 13.2 Å². The lowest BCUT2D eigenvalue weighted by molar-refractivity contribution is -0.204. The summed E-state index contributed by atoms with van der Waals surface area (Å²) in [5.41, 5.74) is -2.24. The number of nitriles is 1. The molecule has 1 saturated carbocycles. The Morgan fingerprint density at radius 2 is 1.63 bits per heavy atom. The molecule has 0 unspecified atom stereocenters. The van der Waals surface area contributed by atoms with E-state index >= 15 is 0 Å². The standard InChI is InChI=1S/C13H18F3NO2/c14-13(15,16)10-1-3-12(18,4-2-10)11(9-17)5-7-19-8-6-11/h10,18H,1-8H2. The van der Waals surface area contributed by atoms with Gasteiger partial charge in [-0.15, -0.1) is 0 Å². The normalized spacial score (nSPS) is 35.6. The number of rotatable bonds is 1. The lowest BCUT2D eigenvalue weighted by atomic mass is 9.60. The van der Waals surface area contributed by atoms with E-state index in [4.69, 9.17) is 4.74 Å². The third kappa shape index (κ3) is 2.59. The first-order valence-corrected chi connectivity index (χ1v) is 6.61. The lowest BCUT2D eigenvalue weighted by Gasteiger charge is -2.48. The molecule has 1 heterocycles. The average molecular weight is 277 g/mol. The smallest absolute Gasteiger partial charge is 0.388 e. The number of hydrogen-bond acceptors (Lipinski definition) is 3. The minimum absolute atomic E-state index is 0.0464. The van der Waals surface area contributed by atoms with Crippen LogP contribution in [0.25, 0.3) is 0 Å². The van der Waals surface area contributed by atoms with Crippen molar-refractivity contribution in [2.75, 3.05) is 13.2 Å². The van der Waals surface area contributed by atoms with E-state index in [9.17, 15) is 23.5 Å². The van der Waals surface area contributed by atoms with Gasteiger partial charge in [0.15, 0.2) is 0 Å². The highest BCUT2D eigenvalue weighted by atomic mass is 19.4. The van der Waals surface area contributed by atoms with Gasteiger partial charge in [-0.05, 0) is 38.5 Å². The molecule has 0 bridgehead atoms. The van der Waals surface area contributed by atoms with Gasteiger partial charge in [0.25, 0.3) is 0 Å². The van der Waals surface area contributed by atoms with Crippen molar-refractivity contribution in [3.05, 3.63) is 0 Å². The maximum atomic E-state index is 12.6. The van der Waals surface area contributed by atoms with Gasteiger partial charge in [0.2, 0.25) is 0 Å². The molecule has 1 saturated heterocycles. The molecular formula is C13H18F3NO2. The van der Waals surface area contributed by atoms with E-state index in [0.29, 0.717) is 26.1 Å². The zero-order valence-corrected chi connectivity index (χ0v) is 10.7. The molecule has 0 aromatic carbocycles. The van der Waals surface area contributed by atoms with Gasteiger partial charge in [-0.2, -0.15) is 18.4 Å². The zero-order chi connectivity index (χ0) is 14.1. The van der Waals surface area contributed by atoms with Crippen LogP contribution in [0.1, 0.15) is 38.5 Å². The third-order valence-corrected chi connectivity index (χ3v) is 4.73. The first-order chi connectivity index (χ1) is 8.83. The van der Waals surface area contributed by atoms with E-state index in [2.05, 4.69) is 6.07 Å². The van der Waals surface area contributed by atoms with Crippen LogP contribution in [0, 0.1) is 22.7 Å². The summed E-state index contributed by atoms with van der Waals surface area (Å²) in [4.78, 5) is 0. The second-order valence-corrected chi connectivity index (χ2v) is 5.65. The molecule has 0 amide bonds. The highest BCUT2D eigenvalue weighted by Crippen LogP contribution is 2.51. The largest absolute Gasteiger partial charge is 0.391 e. The average Bonchev–Trinajstić information content (AvgIpc) is 2.39. The van der Waals surface area contributed by atoms with Crippen LogP contribution in [-0.4, -0.2) is 30.1 Å². The molecule has 108 valence electrons. The molecule has 2 fully saturated rings. The van der Waals surface area contributed by atoms with Crippen LogP contribution < -0.4 is 0 Å². The van der Waals surface area contributed by atoms with Crippen molar-refractivity contribution in [2.45, 2.75) is 50.3 Å². The summed E-state index contributed by atoms with van der Waals surface area (Å²) in [6.07, 6.45) is -3.49. The lowest BCUT2D eigenvalue weighted by Crippen LogP contribution is -2.53. The van der Waals surface area contributed by atoms with Crippen LogP contribution in [0.2, 0.25) is 0 Å². The summed E-state index contributed by atoms with van der Waals surface area (Å²) in [6, 6.07) is 2.17. The van der Waals surface area contributed by atoms with E-state index in [0.717, 1.165) is 0 Å². The highest BCUT2D eigenvalue weighted by Gasteiger charge is 2.55. The molecule has 0 radical (unpaired) electrons. The van der Waals surface area contributed by atoms with Crippen molar-refractivity contribution in [3.8, 4) is 6.07 Å². The predicted molar refractivity (Wildman–Crippen MR) is 61.1 cm³/mol. The Morgan fingerprint density at radius 1 is 1.11 bits per heavy atom. The SMILES string of the molecule is N#CC1(C2(O)CCC(C(F)(F)F)CC2)CCOCC1. The number of ether oxygens (including phenoxy) is 1. The van der Waals surface area contributed by atoms with Crippen molar-refractivity contribution < 1.29 is 23.0 Å². The van der Waals surface area contributed by atoms with E-state index < -0.39 is 23.1 Å². The van der Waals surface area contributed by atoms with Crippen LogP contribution in [-0.2, 0) is 4.74 Å². The summed E-state index contributed by atoms with van der Waals surface area (Å²) in [5, 5.41) is 20.1. The quantitative estimate of drug-likeness (QED) is 0.801. The maximum absolute atomic E-state index is 12.6. The Hall–Kier alpha value is -0.800. The third-order valence-electron chi connectivity index (χ3n) is 4.73. The van der Waals surface area contributed by atoms with E-state index in [1.807, 2.05) is 0 Å². The van der Waals surface area contributed by atoms with Crippen molar-refractivity contribution in [3.63, 3.8) is 0 Å². The van der Waals surface area contributed by atoms with Gasteiger partial charge in [-0.3, -0.25) is 0 Å². The molecule has 1 aliphatic carbocycles. The summed E-state index contributed by atoms with van der Waals surface area (Å²) in [6.45, 7) is 0.775. The Balaban J connectivity index is 2.10. The first kappa shape index (κ1) is 14.6. The van der Waals surface area contributed by atoms with Gasteiger partial charge in [0.1, 0.15) is 0 Å². The molecular weight excluding hydrogens is 259 g/mol. The number of alkyl halides is 3. The van der Waals surface area contributed by atoms with Gasteiger partial charge in [0, 0.05) is 13.2 Å². The van der Waals surface area contributed by atoms with Gasteiger partial charge >= 0.3 is 6.18 Å². The summed E-state index contributed by atoms with van der Waals surface area (Å²) < 4.78 is 43.1. The summed E-state index contributed by atoms with van der Waals surface area (Å²) in [5.74, 6) is -1.34.